The van der Waals surface area contributed by atoms with Gasteiger partial charge in [-0.15, -0.1) is 12.4 Å². The molecule has 114 valence electrons. The maximum atomic E-state index is 6.04. The number of halogens is 1. The lowest BCUT2D eigenvalue weighted by atomic mass is 9.92. The summed E-state index contributed by atoms with van der Waals surface area (Å²) in [7, 11) is 0. The van der Waals surface area contributed by atoms with Gasteiger partial charge < -0.3 is 10.5 Å². The Morgan fingerprint density at radius 1 is 1.45 bits per heavy atom. The Labute approximate surface area is 128 Å². The average molecular weight is 299 g/mol. The number of likely N-dealkylation sites (tertiary alicyclic amines) is 1. The van der Waals surface area contributed by atoms with Crippen LogP contribution in [0.4, 0.5) is 0 Å². The molecule has 0 spiro atoms. The van der Waals surface area contributed by atoms with E-state index < -0.39 is 0 Å². The molecule has 1 fully saturated rings. The zero-order chi connectivity index (χ0) is 13.7. The van der Waals surface area contributed by atoms with Crippen LogP contribution in [0.25, 0.3) is 0 Å². The van der Waals surface area contributed by atoms with Crippen LogP contribution in [0, 0.1) is 5.92 Å². The molecule has 0 saturated carbocycles. The molecule has 2 N–H and O–H groups in total. The quantitative estimate of drug-likeness (QED) is 0.908. The van der Waals surface area contributed by atoms with Crippen molar-refractivity contribution in [1.29, 1.82) is 0 Å². The Hall–Kier alpha value is -0.770. The Balaban J connectivity index is 0.00000200. The highest BCUT2D eigenvalue weighted by Crippen LogP contribution is 2.21. The zero-order valence-electron chi connectivity index (χ0n) is 12.5. The van der Waals surface area contributed by atoms with Crippen molar-refractivity contribution in [2.45, 2.75) is 39.3 Å². The Morgan fingerprint density at radius 3 is 2.95 bits per heavy atom. The van der Waals surface area contributed by atoms with Crippen LogP contribution in [0.1, 0.15) is 32.3 Å². The van der Waals surface area contributed by atoms with Gasteiger partial charge in [-0.2, -0.15) is 0 Å². The van der Waals surface area contributed by atoms with Gasteiger partial charge in [-0.1, -0.05) is 12.1 Å². The Kier molecular flexibility index (Phi) is 7.35. The van der Waals surface area contributed by atoms with Crippen LogP contribution in [0.15, 0.2) is 24.3 Å². The topological polar surface area (TPSA) is 38.5 Å². The van der Waals surface area contributed by atoms with E-state index in [2.05, 4.69) is 30.0 Å². The molecular weight excluding hydrogens is 272 g/mol. The Morgan fingerprint density at radius 2 is 2.25 bits per heavy atom. The Bertz CT molecular complexity index is 398. The molecule has 4 heteroatoms. The molecule has 1 aliphatic heterocycles. The number of rotatable bonds is 5. The first-order chi connectivity index (χ1) is 9.19. The summed E-state index contributed by atoms with van der Waals surface area (Å²) in [4.78, 5) is 2.52. The van der Waals surface area contributed by atoms with Gasteiger partial charge in [-0.3, -0.25) is 4.90 Å². The van der Waals surface area contributed by atoms with E-state index in [4.69, 9.17) is 10.5 Å². The predicted octanol–water partition coefficient (Wildman–Crippen LogP) is 3.07. The summed E-state index contributed by atoms with van der Waals surface area (Å²) in [6.45, 7) is 8.18. The molecule has 3 nitrogen and oxygen atoms in total. The fourth-order valence-corrected chi connectivity index (χ4v) is 2.82. The molecule has 1 aliphatic rings. The van der Waals surface area contributed by atoms with Crippen LogP contribution < -0.4 is 10.5 Å². The fourth-order valence-electron chi connectivity index (χ4n) is 2.82. The van der Waals surface area contributed by atoms with Gasteiger partial charge in [0.15, 0.2) is 0 Å². The second-order valence-electron chi connectivity index (χ2n) is 5.58. The van der Waals surface area contributed by atoms with Crippen LogP contribution in [-0.2, 0) is 6.54 Å². The molecular formula is C16H27ClN2O. The van der Waals surface area contributed by atoms with Gasteiger partial charge in [-0.05, 0) is 56.8 Å². The first kappa shape index (κ1) is 17.3. The van der Waals surface area contributed by atoms with Crippen LogP contribution >= 0.6 is 12.4 Å². The molecule has 1 heterocycles. The third-order valence-electron chi connectivity index (χ3n) is 3.90. The van der Waals surface area contributed by atoms with E-state index in [9.17, 15) is 0 Å². The largest absolute Gasteiger partial charge is 0.494 e. The lowest BCUT2D eigenvalue weighted by Crippen LogP contribution is -2.41. The molecule has 1 saturated heterocycles. The summed E-state index contributed by atoms with van der Waals surface area (Å²) in [5.41, 5.74) is 7.37. The predicted molar refractivity (Wildman–Crippen MR) is 86.5 cm³/mol. The standard InChI is InChI=1S/C16H26N2O.ClH/c1-3-19-16-8-4-6-14(10-16)11-18-9-5-7-15(12-18)13(2)17;/h4,6,8,10,13,15H,3,5,7,9,11-12,17H2,1-2H3;1H. The van der Waals surface area contributed by atoms with Crippen molar-refractivity contribution in [3.05, 3.63) is 29.8 Å². The van der Waals surface area contributed by atoms with Gasteiger partial charge in [0.2, 0.25) is 0 Å². The van der Waals surface area contributed by atoms with E-state index >= 15 is 0 Å². The van der Waals surface area contributed by atoms with Crippen molar-refractivity contribution >= 4 is 12.4 Å². The second kappa shape index (κ2) is 8.50. The van der Waals surface area contributed by atoms with Gasteiger partial charge in [0.1, 0.15) is 5.75 Å². The van der Waals surface area contributed by atoms with E-state index in [0.717, 1.165) is 25.4 Å². The third kappa shape index (κ3) is 4.97. The third-order valence-corrected chi connectivity index (χ3v) is 3.90. The van der Waals surface area contributed by atoms with Gasteiger partial charge in [0, 0.05) is 19.1 Å². The molecule has 1 aromatic rings. The lowest BCUT2D eigenvalue weighted by molar-refractivity contribution is 0.154. The van der Waals surface area contributed by atoms with Gasteiger partial charge in [0.25, 0.3) is 0 Å². The van der Waals surface area contributed by atoms with Gasteiger partial charge >= 0.3 is 0 Å². The minimum Gasteiger partial charge on any atom is -0.494 e. The van der Waals surface area contributed by atoms with E-state index in [0.29, 0.717) is 12.0 Å². The zero-order valence-corrected chi connectivity index (χ0v) is 13.4. The van der Waals surface area contributed by atoms with Crippen molar-refractivity contribution in [3.8, 4) is 5.75 Å². The van der Waals surface area contributed by atoms with E-state index in [-0.39, 0.29) is 12.4 Å². The van der Waals surface area contributed by atoms with Crippen molar-refractivity contribution in [2.24, 2.45) is 11.7 Å². The summed E-state index contributed by atoms with van der Waals surface area (Å²) < 4.78 is 5.56. The minimum absolute atomic E-state index is 0. The molecule has 0 aromatic heterocycles. The first-order valence-electron chi connectivity index (χ1n) is 7.38. The number of hydrogen-bond donors (Lipinski definition) is 1. The SMILES string of the molecule is CCOc1cccc(CN2CCCC(C(C)N)C2)c1.Cl. The average Bonchev–Trinajstić information content (AvgIpc) is 2.40. The number of ether oxygens (including phenoxy) is 1. The highest BCUT2D eigenvalue weighted by atomic mass is 35.5. The lowest BCUT2D eigenvalue weighted by Gasteiger charge is -2.34. The summed E-state index contributed by atoms with van der Waals surface area (Å²) in [6, 6.07) is 8.73. The monoisotopic (exact) mass is 298 g/mol. The van der Waals surface area contributed by atoms with Crippen LogP contribution in [-0.4, -0.2) is 30.6 Å². The van der Waals surface area contributed by atoms with Crippen molar-refractivity contribution in [1.82, 2.24) is 4.90 Å². The molecule has 2 atom stereocenters. The maximum absolute atomic E-state index is 6.04. The summed E-state index contributed by atoms with van der Waals surface area (Å²) >= 11 is 0. The molecule has 0 aliphatic carbocycles. The van der Waals surface area contributed by atoms with Crippen LogP contribution in [0.5, 0.6) is 5.75 Å². The number of benzene rings is 1. The number of nitrogens with zero attached hydrogens (tertiary/aromatic N) is 1. The van der Waals surface area contributed by atoms with Crippen molar-refractivity contribution in [2.75, 3.05) is 19.7 Å². The molecule has 1 aromatic carbocycles. The number of piperidine rings is 1. The van der Waals surface area contributed by atoms with E-state index in [1.54, 1.807) is 0 Å². The molecule has 20 heavy (non-hydrogen) atoms. The van der Waals surface area contributed by atoms with Crippen LogP contribution in [0.3, 0.4) is 0 Å². The maximum Gasteiger partial charge on any atom is 0.119 e. The minimum atomic E-state index is 0. The summed E-state index contributed by atoms with van der Waals surface area (Å²) in [5.74, 6) is 1.62. The number of nitrogens with two attached hydrogens (primary N) is 1. The summed E-state index contributed by atoms with van der Waals surface area (Å²) in [6.07, 6.45) is 2.53. The van der Waals surface area contributed by atoms with E-state index in [1.807, 2.05) is 13.0 Å². The van der Waals surface area contributed by atoms with Crippen LogP contribution in [0.2, 0.25) is 0 Å². The molecule has 0 bridgehead atoms. The van der Waals surface area contributed by atoms with E-state index in [1.165, 1.54) is 24.9 Å². The van der Waals surface area contributed by atoms with Crippen molar-refractivity contribution in [3.63, 3.8) is 0 Å². The van der Waals surface area contributed by atoms with Gasteiger partial charge in [-0.25, -0.2) is 0 Å². The van der Waals surface area contributed by atoms with Crippen molar-refractivity contribution < 1.29 is 4.74 Å². The molecule has 0 radical (unpaired) electrons. The molecule has 2 rings (SSSR count). The molecule has 2 unspecified atom stereocenters. The highest BCUT2D eigenvalue weighted by Gasteiger charge is 2.22. The smallest absolute Gasteiger partial charge is 0.119 e. The fraction of sp³-hybridized carbons (Fsp3) is 0.625. The van der Waals surface area contributed by atoms with Gasteiger partial charge in [0.05, 0.1) is 6.61 Å². The second-order valence-corrected chi connectivity index (χ2v) is 5.58. The normalized spacial score (nSPS) is 21.1. The number of hydrogen-bond acceptors (Lipinski definition) is 3. The highest BCUT2D eigenvalue weighted by molar-refractivity contribution is 5.85. The molecule has 0 amide bonds. The first-order valence-corrected chi connectivity index (χ1v) is 7.38. The summed E-state index contributed by atoms with van der Waals surface area (Å²) in [5, 5.41) is 0.